The highest BCUT2D eigenvalue weighted by atomic mass is 32.1. The number of rotatable bonds is 6. The van der Waals surface area contributed by atoms with Gasteiger partial charge in [-0.15, -0.1) is 11.3 Å². The molecular weight excluding hydrogens is 270 g/mol. The van der Waals surface area contributed by atoms with Gasteiger partial charge in [0.05, 0.1) is 12.2 Å². The van der Waals surface area contributed by atoms with Gasteiger partial charge in [-0.1, -0.05) is 30.3 Å². The van der Waals surface area contributed by atoms with Gasteiger partial charge in [-0.3, -0.25) is 4.79 Å². The van der Waals surface area contributed by atoms with Crippen molar-refractivity contribution < 1.29 is 4.79 Å². The predicted octanol–water partition coefficient (Wildman–Crippen LogP) is 2.47. The molecular formula is C15H19N3OS. The van der Waals surface area contributed by atoms with Crippen LogP contribution in [0, 0.1) is 6.92 Å². The van der Waals surface area contributed by atoms with E-state index in [0.717, 1.165) is 27.6 Å². The number of benzene rings is 1. The first-order chi connectivity index (χ1) is 9.70. The second kappa shape index (κ2) is 7.17. The average Bonchev–Trinajstić information content (AvgIpc) is 2.85. The van der Waals surface area contributed by atoms with Crippen LogP contribution in [0.25, 0.3) is 10.6 Å². The van der Waals surface area contributed by atoms with Crippen LogP contribution in [0.3, 0.4) is 0 Å². The Labute approximate surface area is 123 Å². The fraction of sp³-hybridized carbons (Fsp3) is 0.333. The van der Waals surface area contributed by atoms with E-state index in [1.165, 1.54) is 0 Å². The molecule has 0 unspecified atom stereocenters. The molecule has 0 saturated heterocycles. The molecule has 0 bridgehead atoms. The molecule has 20 heavy (non-hydrogen) atoms. The summed E-state index contributed by atoms with van der Waals surface area (Å²) in [5.74, 6) is 0.0458. The molecule has 0 atom stereocenters. The van der Waals surface area contributed by atoms with Crippen molar-refractivity contribution in [2.75, 3.05) is 6.54 Å². The number of hydrogen-bond donors (Lipinski definition) is 2. The fourth-order valence-corrected chi connectivity index (χ4v) is 2.83. The topological polar surface area (TPSA) is 68.0 Å². The second-order valence-corrected chi connectivity index (χ2v) is 5.65. The van der Waals surface area contributed by atoms with Gasteiger partial charge in [0.1, 0.15) is 5.01 Å². The van der Waals surface area contributed by atoms with Crippen LogP contribution < -0.4 is 11.1 Å². The van der Waals surface area contributed by atoms with Crippen LogP contribution in [0.1, 0.15) is 23.4 Å². The third-order valence-corrected chi connectivity index (χ3v) is 4.17. The van der Waals surface area contributed by atoms with Crippen molar-refractivity contribution >= 4 is 17.2 Å². The molecule has 1 heterocycles. The van der Waals surface area contributed by atoms with Crippen molar-refractivity contribution in [2.24, 2.45) is 5.73 Å². The van der Waals surface area contributed by atoms with Crippen molar-refractivity contribution in [3.05, 3.63) is 40.9 Å². The number of nitrogens with two attached hydrogens (primary N) is 1. The number of carbonyl (C=O) groups excluding carboxylic acids is 1. The van der Waals surface area contributed by atoms with Gasteiger partial charge < -0.3 is 11.1 Å². The summed E-state index contributed by atoms with van der Waals surface area (Å²) in [6.45, 7) is 3.06. The summed E-state index contributed by atoms with van der Waals surface area (Å²) in [4.78, 5) is 17.3. The Morgan fingerprint density at radius 3 is 2.80 bits per heavy atom. The molecule has 0 radical (unpaired) electrons. The van der Waals surface area contributed by atoms with Crippen molar-refractivity contribution in [2.45, 2.75) is 26.3 Å². The van der Waals surface area contributed by atoms with Crippen molar-refractivity contribution in [1.82, 2.24) is 10.3 Å². The van der Waals surface area contributed by atoms with Crippen LogP contribution in [-0.2, 0) is 11.3 Å². The highest BCUT2D eigenvalue weighted by molar-refractivity contribution is 7.15. The standard InChI is InChI=1S/C15H19N3OS/c1-11-13(10-17-14(19)8-5-9-16)20-15(18-11)12-6-3-2-4-7-12/h2-4,6-7H,5,8-10,16H2,1H3,(H,17,19). The molecule has 1 amide bonds. The normalized spacial score (nSPS) is 10.5. The molecule has 1 aromatic heterocycles. The van der Waals surface area contributed by atoms with E-state index in [1.807, 2.05) is 37.3 Å². The van der Waals surface area contributed by atoms with Crippen LogP contribution in [-0.4, -0.2) is 17.4 Å². The summed E-state index contributed by atoms with van der Waals surface area (Å²) in [5.41, 5.74) is 7.48. The smallest absolute Gasteiger partial charge is 0.220 e. The summed E-state index contributed by atoms with van der Waals surface area (Å²) < 4.78 is 0. The van der Waals surface area contributed by atoms with E-state index in [4.69, 9.17) is 5.73 Å². The van der Waals surface area contributed by atoms with Gasteiger partial charge in [0, 0.05) is 16.9 Å². The molecule has 2 aromatic rings. The zero-order valence-corrected chi connectivity index (χ0v) is 12.4. The summed E-state index contributed by atoms with van der Waals surface area (Å²) in [5, 5.41) is 3.91. The highest BCUT2D eigenvalue weighted by Crippen LogP contribution is 2.27. The van der Waals surface area contributed by atoms with Gasteiger partial charge in [0.25, 0.3) is 0 Å². The third-order valence-electron chi connectivity index (χ3n) is 2.97. The Morgan fingerprint density at radius 2 is 2.10 bits per heavy atom. The summed E-state index contributed by atoms with van der Waals surface area (Å²) in [6.07, 6.45) is 1.21. The van der Waals surface area contributed by atoms with Gasteiger partial charge >= 0.3 is 0 Å². The summed E-state index contributed by atoms with van der Waals surface area (Å²) in [6, 6.07) is 10.1. The molecule has 0 aliphatic rings. The summed E-state index contributed by atoms with van der Waals surface area (Å²) >= 11 is 1.63. The molecule has 4 nitrogen and oxygen atoms in total. The molecule has 0 aliphatic carbocycles. The zero-order valence-electron chi connectivity index (χ0n) is 11.6. The molecule has 0 saturated carbocycles. The van der Waals surface area contributed by atoms with E-state index < -0.39 is 0 Å². The molecule has 3 N–H and O–H groups in total. The van der Waals surface area contributed by atoms with E-state index in [-0.39, 0.29) is 5.91 Å². The number of amides is 1. The van der Waals surface area contributed by atoms with Crippen LogP contribution in [0.5, 0.6) is 0 Å². The van der Waals surface area contributed by atoms with E-state index in [2.05, 4.69) is 10.3 Å². The van der Waals surface area contributed by atoms with E-state index in [1.54, 1.807) is 11.3 Å². The number of carbonyl (C=O) groups is 1. The van der Waals surface area contributed by atoms with Crippen molar-refractivity contribution in [1.29, 1.82) is 0 Å². The summed E-state index contributed by atoms with van der Waals surface area (Å²) in [7, 11) is 0. The third kappa shape index (κ3) is 3.88. The first-order valence-electron chi connectivity index (χ1n) is 6.69. The van der Waals surface area contributed by atoms with Crippen LogP contribution in [0.15, 0.2) is 30.3 Å². The van der Waals surface area contributed by atoms with Crippen LogP contribution in [0.4, 0.5) is 0 Å². The molecule has 5 heteroatoms. The maximum Gasteiger partial charge on any atom is 0.220 e. The Hall–Kier alpha value is -1.72. The Balaban J connectivity index is 2.00. The number of nitrogens with one attached hydrogen (secondary N) is 1. The lowest BCUT2D eigenvalue weighted by Gasteiger charge is -2.02. The number of nitrogens with zero attached hydrogens (tertiary/aromatic N) is 1. The first kappa shape index (κ1) is 14.7. The number of hydrogen-bond acceptors (Lipinski definition) is 4. The molecule has 0 spiro atoms. The Kier molecular flexibility index (Phi) is 5.26. The minimum Gasteiger partial charge on any atom is -0.351 e. The largest absolute Gasteiger partial charge is 0.351 e. The quantitative estimate of drug-likeness (QED) is 0.858. The maximum atomic E-state index is 11.6. The van der Waals surface area contributed by atoms with Crippen molar-refractivity contribution in [3.63, 3.8) is 0 Å². The van der Waals surface area contributed by atoms with Gasteiger partial charge in [0.2, 0.25) is 5.91 Å². The fourth-order valence-electron chi connectivity index (χ4n) is 1.83. The number of aryl methyl sites for hydroxylation is 1. The number of aromatic nitrogens is 1. The molecule has 106 valence electrons. The first-order valence-corrected chi connectivity index (χ1v) is 7.51. The van der Waals surface area contributed by atoms with Gasteiger partial charge in [-0.2, -0.15) is 0 Å². The lowest BCUT2D eigenvalue weighted by atomic mass is 10.2. The average molecular weight is 289 g/mol. The highest BCUT2D eigenvalue weighted by Gasteiger charge is 2.10. The Morgan fingerprint density at radius 1 is 1.35 bits per heavy atom. The van der Waals surface area contributed by atoms with Crippen LogP contribution >= 0.6 is 11.3 Å². The minimum atomic E-state index is 0.0458. The monoisotopic (exact) mass is 289 g/mol. The van der Waals surface area contributed by atoms with E-state index in [9.17, 15) is 4.79 Å². The SMILES string of the molecule is Cc1nc(-c2ccccc2)sc1CNC(=O)CCCN. The predicted molar refractivity (Wildman–Crippen MR) is 82.4 cm³/mol. The van der Waals surface area contributed by atoms with Gasteiger partial charge in [-0.05, 0) is 19.9 Å². The van der Waals surface area contributed by atoms with Crippen LogP contribution in [0.2, 0.25) is 0 Å². The zero-order chi connectivity index (χ0) is 14.4. The number of thiazole rings is 1. The van der Waals surface area contributed by atoms with E-state index in [0.29, 0.717) is 19.5 Å². The van der Waals surface area contributed by atoms with E-state index >= 15 is 0 Å². The van der Waals surface area contributed by atoms with Crippen molar-refractivity contribution in [3.8, 4) is 10.6 Å². The lowest BCUT2D eigenvalue weighted by molar-refractivity contribution is -0.121. The molecule has 2 rings (SSSR count). The molecule has 1 aromatic carbocycles. The second-order valence-electron chi connectivity index (χ2n) is 4.56. The van der Waals surface area contributed by atoms with Gasteiger partial charge in [-0.25, -0.2) is 4.98 Å². The maximum absolute atomic E-state index is 11.6. The van der Waals surface area contributed by atoms with Gasteiger partial charge in [0.15, 0.2) is 0 Å². The Bertz CT molecular complexity index is 566. The lowest BCUT2D eigenvalue weighted by Crippen LogP contribution is -2.23. The molecule has 0 aliphatic heterocycles. The minimum absolute atomic E-state index is 0.0458. The molecule has 0 fully saturated rings.